The second kappa shape index (κ2) is 5.78. The van der Waals surface area contributed by atoms with Crippen molar-refractivity contribution in [1.29, 1.82) is 0 Å². The number of hydrogen-bond donors (Lipinski definition) is 2. The first-order valence-corrected chi connectivity index (χ1v) is 3.95. The molecule has 5 heteroatoms. The summed E-state index contributed by atoms with van der Waals surface area (Å²) in [6.07, 6.45) is 0.157. The van der Waals surface area contributed by atoms with E-state index in [1.54, 1.807) is 0 Å². The van der Waals surface area contributed by atoms with Crippen molar-refractivity contribution in [3.05, 3.63) is 29.6 Å². The van der Waals surface area contributed by atoms with Gasteiger partial charge in [-0.15, -0.1) is 12.4 Å². The van der Waals surface area contributed by atoms with Gasteiger partial charge >= 0.3 is 0 Å². The maximum absolute atomic E-state index is 12.8. The Morgan fingerprint density at radius 2 is 2.07 bits per heavy atom. The van der Waals surface area contributed by atoms with Crippen molar-refractivity contribution in [2.45, 2.75) is 12.5 Å². The number of halogens is 3. The molecule has 0 unspecified atom stereocenters. The largest absolute Gasteiger partial charge is 0.505 e. The Balaban J connectivity index is 0.00000169. The zero-order valence-electron chi connectivity index (χ0n) is 7.41. The van der Waals surface area contributed by atoms with Crippen LogP contribution in [-0.2, 0) is 0 Å². The minimum absolute atomic E-state index is 0. The van der Waals surface area contributed by atoms with Crippen LogP contribution in [0, 0.1) is 5.82 Å². The normalized spacial score (nSPS) is 11.9. The average Bonchev–Trinajstić information content (AvgIpc) is 2.10. The summed E-state index contributed by atoms with van der Waals surface area (Å²) in [6, 6.07) is 3.30. The lowest BCUT2D eigenvalue weighted by Gasteiger charge is -2.09. The molecule has 0 saturated heterocycles. The Labute approximate surface area is 87.1 Å². The first-order chi connectivity index (χ1) is 6.15. The number of hydrogen-bond acceptors (Lipinski definition) is 2. The van der Waals surface area contributed by atoms with Crippen LogP contribution in [0.2, 0.25) is 0 Å². The minimum atomic E-state index is -0.730. The quantitative estimate of drug-likeness (QED) is 0.826. The summed E-state index contributed by atoms with van der Waals surface area (Å²) >= 11 is 0. The first kappa shape index (κ1) is 13.1. The SMILES string of the molecule is Cl.N[C@@H](CCF)c1ccc(O)c(F)c1. The third-order valence-electron chi connectivity index (χ3n) is 1.82. The third-order valence-corrected chi connectivity index (χ3v) is 1.82. The highest BCUT2D eigenvalue weighted by Crippen LogP contribution is 2.21. The molecule has 0 aliphatic carbocycles. The molecule has 3 N–H and O–H groups in total. The molecule has 80 valence electrons. The van der Waals surface area contributed by atoms with Crippen LogP contribution in [0.15, 0.2) is 18.2 Å². The molecule has 1 aromatic carbocycles. The predicted molar refractivity (Wildman–Crippen MR) is 52.8 cm³/mol. The van der Waals surface area contributed by atoms with Gasteiger partial charge in [-0.2, -0.15) is 0 Å². The van der Waals surface area contributed by atoms with Crippen LogP contribution in [0.25, 0.3) is 0 Å². The molecule has 0 aliphatic rings. The lowest BCUT2D eigenvalue weighted by Crippen LogP contribution is -2.10. The van der Waals surface area contributed by atoms with E-state index in [4.69, 9.17) is 10.8 Å². The molecule has 0 aromatic heterocycles. The van der Waals surface area contributed by atoms with Gasteiger partial charge in [-0.3, -0.25) is 4.39 Å². The Morgan fingerprint density at radius 1 is 1.43 bits per heavy atom. The number of nitrogens with two attached hydrogens (primary N) is 1. The summed E-state index contributed by atoms with van der Waals surface area (Å²) in [6.45, 7) is -0.538. The number of benzene rings is 1. The van der Waals surface area contributed by atoms with Gasteiger partial charge in [0.1, 0.15) is 0 Å². The van der Waals surface area contributed by atoms with Crippen LogP contribution in [0.4, 0.5) is 8.78 Å². The van der Waals surface area contributed by atoms with Crippen LogP contribution in [-0.4, -0.2) is 11.8 Å². The van der Waals surface area contributed by atoms with Gasteiger partial charge in [0.05, 0.1) is 6.67 Å². The fourth-order valence-electron chi connectivity index (χ4n) is 1.04. The topological polar surface area (TPSA) is 46.2 Å². The van der Waals surface area contributed by atoms with Gasteiger partial charge in [-0.05, 0) is 24.1 Å². The second-order valence-electron chi connectivity index (χ2n) is 2.79. The third kappa shape index (κ3) is 3.12. The molecule has 1 rings (SSSR count). The van der Waals surface area contributed by atoms with Gasteiger partial charge in [0.2, 0.25) is 0 Å². The molecule has 0 bridgehead atoms. The molecule has 0 spiro atoms. The van der Waals surface area contributed by atoms with Gasteiger partial charge in [0, 0.05) is 6.04 Å². The van der Waals surface area contributed by atoms with Crippen molar-refractivity contribution in [1.82, 2.24) is 0 Å². The van der Waals surface area contributed by atoms with Crippen molar-refractivity contribution >= 4 is 12.4 Å². The van der Waals surface area contributed by atoms with Crippen LogP contribution in [0.5, 0.6) is 5.75 Å². The van der Waals surface area contributed by atoms with Crippen molar-refractivity contribution in [2.24, 2.45) is 5.73 Å². The molecule has 1 atom stereocenters. The smallest absolute Gasteiger partial charge is 0.165 e. The lowest BCUT2D eigenvalue weighted by atomic mass is 10.1. The summed E-state index contributed by atoms with van der Waals surface area (Å²) in [4.78, 5) is 0. The highest BCUT2D eigenvalue weighted by Gasteiger charge is 2.08. The molecule has 0 amide bonds. The Morgan fingerprint density at radius 3 is 2.57 bits per heavy atom. The Kier molecular flexibility index (Phi) is 5.42. The molecule has 0 saturated carbocycles. The van der Waals surface area contributed by atoms with E-state index >= 15 is 0 Å². The number of phenolic OH excluding ortho intramolecular Hbond substituents is 1. The Bertz CT molecular complexity index is 296. The maximum Gasteiger partial charge on any atom is 0.165 e. The monoisotopic (exact) mass is 223 g/mol. The molecule has 2 nitrogen and oxygen atoms in total. The Hall–Kier alpha value is -0.870. The summed E-state index contributed by atoms with van der Waals surface area (Å²) in [5.74, 6) is -1.15. The van der Waals surface area contributed by atoms with E-state index in [9.17, 15) is 8.78 Å². The van der Waals surface area contributed by atoms with Gasteiger partial charge < -0.3 is 10.8 Å². The molecule has 0 heterocycles. The standard InChI is InChI=1S/C9H11F2NO.ClH/c10-4-3-8(12)6-1-2-9(13)7(11)5-6;/h1-2,5,8,13H,3-4,12H2;1H/t8-;/m0./s1. The first-order valence-electron chi connectivity index (χ1n) is 3.95. The average molecular weight is 224 g/mol. The van der Waals surface area contributed by atoms with Gasteiger partial charge in [0.15, 0.2) is 11.6 Å². The van der Waals surface area contributed by atoms with Crippen molar-refractivity contribution in [3.8, 4) is 5.75 Å². The minimum Gasteiger partial charge on any atom is -0.505 e. The number of rotatable bonds is 3. The fourth-order valence-corrected chi connectivity index (χ4v) is 1.04. The van der Waals surface area contributed by atoms with Gasteiger partial charge in [-0.1, -0.05) is 6.07 Å². The van der Waals surface area contributed by atoms with Crippen LogP contribution < -0.4 is 5.73 Å². The number of alkyl halides is 1. The van der Waals surface area contributed by atoms with E-state index in [1.165, 1.54) is 12.1 Å². The molecule has 0 fully saturated rings. The van der Waals surface area contributed by atoms with E-state index < -0.39 is 24.3 Å². The molecular weight excluding hydrogens is 212 g/mol. The summed E-state index contributed by atoms with van der Waals surface area (Å²) in [7, 11) is 0. The van der Waals surface area contributed by atoms with Crippen molar-refractivity contribution in [2.75, 3.05) is 6.67 Å². The van der Waals surface area contributed by atoms with Crippen LogP contribution in [0.1, 0.15) is 18.0 Å². The number of aromatic hydroxyl groups is 1. The molecule has 14 heavy (non-hydrogen) atoms. The lowest BCUT2D eigenvalue weighted by molar-refractivity contribution is 0.426. The van der Waals surface area contributed by atoms with Crippen LogP contribution >= 0.6 is 12.4 Å². The van der Waals surface area contributed by atoms with Crippen molar-refractivity contribution < 1.29 is 13.9 Å². The van der Waals surface area contributed by atoms with Crippen molar-refractivity contribution in [3.63, 3.8) is 0 Å². The summed E-state index contributed by atoms with van der Waals surface area (Å²) < 4.78 is 24.7. The fraction of sp³-hybridized carbons (Fsp3) is 0.333. The summed E-state index contributed by atoms with van der Waals surface area (Å²) in [5.41, 5.74) is 6.03. The van der Waals surface area contributed by atoms with E-state index in [-0.39, 0.29) is 18.8 Å². The van der Waals surface area contributed by atoms with Gasteiger partial charge in [-0.25, -0.2) is 4.39 Å². The van der Waals surface area contributed by atoms with E-state index in [1.807, 2.05) is 0 Å². The zero-order chi connectivity index (χ0) is 9.84. The molecule has 0 radical (unpaired) electrons. The highest BCUT2D eigenvalue weighted by atomic mass is 35.5. The summed E-state index contributed by atoms with van der Waals surface area (Å²) in [5, 5.41) is 8.87. The van der Waals surface area contributed by atoms with E-state index in [0.717, 1.165) is 6.07 Å². The molecule has 0 aliphatic heterocycles. The predicted octanol–water partition coefficient (Wildman–Crippen LogP) is 2.31. The van der Waals surface area contributed by atoms with Gasteiger partial charge in [0.25, 0.3) is 0 Å². The van der Waals surface area contributed by atoms with E-state index in [0.29, 0.717) is 5.56 Å². The zero-order valence-corrected chi connectivity index (χ0v) is 8.23. The van der Waals surface area contributed by atoms with E-state index in [2.05, 4.69) is 0 Å². The molecular formula is C9H12ClF2NO. The molecule has 1 aromatic rings. The maximum atomic E-state index is 12.8. The number of phenols is 1. The van der Waals surface area contributed by atoms with Crippen LogP contribution in [0.3, 0.4) is 0 Å². The second-order valence-corrected chi connectivity index (χ2v) is 2.79. The highest BCUT2D eigenvalue weighted by molar-refractivity contribution is 5.85.